The van der Waals surface area contributed by atoms with E-state index in [-0.39, 0.29) is 16.4 Å². The van der Waals surface area contributed by atoms with Crippen molar-refractivity contribution in [1.82, 2.24) is 0 Å². The number of piperidine rings is 1. The number of nitrogens with zero attached hydrogens (tertiary/aromatic N) is 2. The van der Waals surface area contributed by atoms with E-state index in [4.69, 9.17) is 9.47 Å². The first kappa shape index (κ1) is 11.9. The molecule has 0 aromatic heterocycles. The van der Waals surface area contributed by atoms with Crippen LogP contribution >= 0.6 is 0 Å². The van der Waals surface area contributed by atoms with Crippen molar-refractivity contribution in [1.29, 1.82) is 0 Å². The number of anilines is 1. The van der Waals surface area contributed by atoms with Crippen molar-refractivity contribution in [3.05, 3.63) is 34.4 Å². The number of nitro groups is 1. The molecule has 6 nitrogen and oxygen atoms in total. The minimum absolute atomic E-state index is 0.146. The summed E-state index contributed by atoms with van der Waals surface area (Å²) in [6.07, 6.45) is 2.32. The zero-order chi connectivity index (χ0) is 14.2. The van der Waals surface area contributed by atoms with Crippen molar-refractivity contribution in [3.8, 4) is 0 Å². The highest BCUT2D eigenvalue weighted by Gasteiger charge is 2.77. The molecule has 4 aliphatic rings. The highest BCUT2D eigenvalue weighted by molar-refractivity contribution is 5.62. The standard InChI is InChI=1S/C15H16N2O4/c18-17(19)10-3-1-9(2-4-10)16-13-11-5-6-12(14(13)16)15(11)20-7-8-21-15/h1-4,11-14H,5-8H2/t11?,12?,13-,14+,16?. The number of rotatable bonds is 2. The summed E-state index contributed by atoms with van der Waals surface area (Å²) < 4.78 is 12.0. The van der Waals surface area contributed by atoms with Crippen molar-refractivity contribution in [2.45, 2.75) is 30.7 Å². The molecule has 1 spiro atoms. The van der Waals surface area contributed by atoms with Crippen molar-refractivity contribution < 1.29 is 14.4 Å². The van der Waals surface area contributed by atoms with Gasteiger partial charge in [-0.15, -0.1) is 0 Å². The normalized spacial score (nSPS) is 38.0. The summed E-state index contributed by atoms with van der Waals surface area (Å²) in [7, 11) is 0. The van der Waals surface area contributed by atoms with Gasteiger partial charge in [0.25, 0.3) is 5.69 Å². The minimum atomic E-state index is -0.355. The van der Waals surface area contributed by atoms with Gasteiger partial charge >= 0.3 is 0 Å². The van der Waals surface area contributed by atoms with Crippen molar-refractivity contribution >= 4 is 11.4 Å². The van der Waals surface area contributed by atoms with Gasteiger partial charge in [-0.25, -0.2) is 0 Å². The molecular formula is C15H16N2O4. The number of non-ortho nitro benzene ring substituents is 1. The summed E-state index contributed by atoms with van der Waals surface area (Å²) in [5.41, 5.74) is 1.23. The van der Waals surface area contributed by atoms with Crippen LogP contribution in [0.15, 0.2) is 24.3 Å². The van der Waals surface area contributed by atoms with E-state index < -0.39 is 0 Å². The zero-order valence-electron chi connectivity index (χ0n) is 11.5. The van der Waals surface area contributed by atoms with Gasteiger partial charge in [-0.3, -0.25) is 10.1 Å². The summed E-state index contributed by atoms with van der Waals surface area (Å²) in [4.78, 5) is 12.8. The highest BCUT2D eigenvalue weighted by Crippen LogP contribution is 2.66. The van der Waals surface area contributed by atoms with E-state index in [9.17, 15) is 10.1 Å². The fourth-order valence-electron chi connectivity index (χ4n) is 4.95. The molecule has 4 fully saturated rings. The molecule has 1 aromatic carbocycles. The van der Waals surface area contributed by atoms with Crippen LogP contribution in [-0.4, -0.2) is 36.0 Å². The van der Waals surface area contributed by atoms with Gasteiger partial charge in [-0.2, -0.15) is 0 Å². The van der Waals surface area contributed by atoms with Crippen LogP contribution in [0.3, 0.4) is 0 Å². The van der Waals surface area contributed by atoms with E-state index in [0.29, 0.717) is 37.1 Å². The molecule has 1 aromatic rings. The Kier molecular flexibility index (Phi) is 2.13. The Hall–Kier alpha value is -1.66. The maximum absolute atomic E-state index is 10.7. The van der Waals surface area contributed by atoms with E-state index in [2.05, 4.69) is 4.90 Å². The largest absolute Gasteiger partial charge is 0.360 e. The lowest BCUT2D eigenvalue weighted by atomic mass is 10.0. The topological polar surface area (TPSA) is 64.6 Å². The van der Waals surface area contributed by atoms with Crippen LogP contribution in [0.4, 0.5) is 11.4 Å². The number of ether oxygens (including phenoxy) is 2. The number of fused-ring (bicyclic) bond motifs is 3. The van der Waals surface area contributed by atoms with E-state index in [1.807, 2.05) is 12.1 Å². The summed E-state index contributed by atoms with van der Waals surface area (Å²) in [5.74, 6) is 0.586. The second-order valence-corrected chi connectivity index (χ2v) is 6.37. The van der Waals surface area contributed by atoms with E-state index in [1.54, 1.807) is 12.1 Å². The van der Waals surface area contributed by atoms with Crippen molar-refractivity contribution in [2.75, 3.05) is 18.1 Å². The second-order valence-electron chi connectivity index (χ2n) is 6.37. The molecular weight excluding hydrogens is 272 g/mol. The Bertz CT molecular complexity index is 591. The fraction of sp³-hybridized carbons (Fsp3) is 0.600. The molecule has 2 aliphatic carbocycles. The molecule has 0 radical (unpaired) electrons. The van der Waals surface area contributed by atoms with Crippen molar-refractivity contribution in [3.63, 3.8) is 0 Å². The average Bonchev–Trinajstić information content (AvgIpc) is 2.81. The SMILES string of the molecule is O=[N+]([O-])c1ccc(N2[C@@H]3C4CCC([C@@H]32)C42OCCO2)cc1. The third-order valence-electron chi connectivity index (χ3n) is 5.65. The monoisotopic (exact) mass is 288 g/mol. The third-order valence-corrected chi connectivity index (χ3v) is 5.65. The molecule has 2 aliphatic heterocycles. The molecule has 4 atom stereocenters. The van der Waals surface area contributed by atoms with Crippen LogP contribution in [0.2, 0.25) is 0 Å². The Balaban J connectivity index is 1.42. The molecule has 2 saturated heterocycles. The second kappa shape index (κ2) is 3.75. The van der Waals surface area contributed by atoms with Crippen molar-refractivity contribution in [2.24, 2.45) is 11.8 Å². The van der Waals surface area contributed by atoms with E-state index >= 15 is 0 Å². The van der Waals surface area contributed by atoms with Gasteiger partial charge in [0.15, 0.2) is 5.79 Å². The van der Waals surface area contributed by atoms with Gasteiger partial charge in [0, 0.05) is 29.7 Å². The van der Waals surface area contributed by atoms with Gasteiger partial charge in [0.2, 0.25) is 0 Å². The highest BCUT2D eigenvalue weighted by atomic mass is 16.7. The van der Waals surface area contributed by atoms with Gasteiger partial charge in [-0.05, 0) is 25.0 Å². The van der Waals surface area contributed by atoms with Gasteiger partial charge in [0.05, 0.1) is 30.2 Å². The lowest BCUT2D eigenvalue weighted by Gasteiger charge is -2.32. The van der Waals surface area contributed by atoms with Crippen LogP contribution in [0.5, 0.6) is 0 Å². The molecule has 0 amide bonds. The van der Waals surface area contributed by atoms with E-state index in [0.717, 1.165) is 18.5 Å². The number of nitro benzene ring substituents is 1. The molecule has 2 bridgehead atoms. The van der Waals surface area contributed by atoms with Crippen LogP contribution in [0, 0.1) is 22.0 Å². The average molecular weight is 288 g/mol. The lowest BCUT2D eigenvalue weighted by Crippen LogP contribution is -2.42. The molecule has 2 heterocycles. The maximum Gasteiger partial charge on any atom is 0.269 e. The van der Waals surface area contributed by atoms with Crippen LogP contribution in [-0.2, 0) is 9.47 Å². The molecule has 2 saturated carbocycles. The van der Waals surface area contributed by atoms with Crippen LogP contribution in [0.25, 0.3) is 0 Å². The first-order valence-corrected chi connectivity index (χ1v) is 7.53. The zero-order valence-corrected chi connectivity index (χ0v) is 11.5. The number of hydrogen-bond donors (Lipinski definition) is 0. The fourth-order valence-corrected chi connectivity index (χ4v) is 4.95. The summed E-state index contributed by atoms with van der Waals surface area (Å²) in [6, 6.07) is 7.87. The first-order chi connectivity index (χ1) is 10.2. The smallest absolute Gasteiger partial charge is 0.269 e. The minimum Gasteiger partial charge on any atom is -0.360 e. The molecule has 0 N–H and O–H groups in total. The van der Waals surface area contributed by atoms with Crippen LogP contribution in [0.1, 0.15) is 12.8 Å². The van der Waals surface area contributed by atoms with E-state index in [1.165, 1.54) is 0 Å². The predicted molar refractivity (Wildman–Crippen MR) is 74.0 cm³/mol. The molecule has 21 heavy (non-hydrogen) atoms. The Morgan fingerprint density at radius 1 is 1.10 bits per heavy atom. The van der Waals surface area contributed by atoms with Gasteiger partial charge < -0.3 is 14.4 Å². The quantitative estimate of drug-likeness (QED) is 0.473. The maximum atomic E-state index is 10.7. The molecule has 5 rings (SSSR count). The van der Waals surface area contributed by atoms with Gasteiger partial charge in [0.1, 0.15) is 0 Å². The lowest BCUT2D eigenvalue weighted by molar-refractivity contribution is -0.384. The predicted octanol–water partition coefficient (Wildman–Crippen LogP) is 1.93. The Labute approximate surface area is 121 Å². The van der Waals surface area contributed by atoms with Gasteiger partial charge in [-0.1, -0.05) is 0 Å². The molecule has 110 valence electrons. The first-order valence-electron chi connectivity index (χ1n) is 7.53. The number of hydrogen-bond acceptors (Lipinski definition) is 5. The summed E-state index contributed by atoms with van der Waals surface area (Å²) in [5, 5.41) is 10.7. The van der Waals surface area contributed by atoms with Crippen LogP contribution < -0.4 is 4.90 Å². The summed E-state index contributed by atoms with van der Waals surface area (Å²) >= 11 is 0. The third kappa shape index (κ3) is 1.34. The Morgan fingerprint density at radius 3 is 2.19 bits per heavy atom. The molecule has 2 unspecified atom stereocenters. The molecule has 6 heteroatoms. The Morgan fingerprint density at radius 2 is 1.67 bits per heavy atom. The summed E-state index contributed by atoms with van der Waals surface area (Å²) in [6.45, 7) is 1.42. The number of benzene rings is 1.